The highest BCUT2D eigenvalue weighted by Crippen LogP contribution is 2.25. The van der Waals surface area contributed by atoms with Crippen LogP contribution in [0.3, 0.4) is 0 Å². The number of unbranched alkanes of at least 4 members (excludes halogenated alkanes) is 1. The van der Waals surface area contributed by atoms with Crippen molar-refractivity contribution >= 4 is 17.6 Å². The summed E-state index contributed by atoms with van der Waals surface area (Å²) in [6.07, 6.45) is 2.30. The molecule has 0 bridgehead atoms. The number of hydrogen-bond donors (Lipinski definition) is 2. The number of carbonyl (C=O) groups is 2. The summed E-state index contributed by atoms with van der Waals surface area (Å²) in [5, 5.41) is 5.65. The van der Waals surface area contributed by atoms with E-state index in [2.05, 4.69) is 17.6 Å². The average Bonchev–Trinajstić information content (AvgIpc) is 2.88. The fourth-order valence-corrected chi connectivity index (χ4v) is 2.45. The Hall–Kier alpha value is -2.24. The number of urea groups is 1. The number of ether oxygens (including phenoxy) is 1. The maximum absolute atomic E-state index is 12.1. The molecule has 6 nitrogen and oxygen atoms in total. The van der Waals surface area contributed by atoms with Gasteiger partial charge in [-0.25, -0.2) is 4.79 Å². The van der Waals surface area contributed by atoms with Gasteiger partial charge in [0.05, 0.1) is 13.2 Å². The lowest BCUT2D eigenvalue weighted by molar-refractivity contribution is -0.117. The number of rotatable bonds is 6. The molecule has 1 saturated heterocycles. The number of benzene rings is 1. The first kappa shape index (κ1) is 16.1. The van der Waals surface area contributed by atoms with E-state index < -0.39 is 0 Å². The van der Waals surface area contributed by atoms with E-state index in [9.17, 15) is 9.59 Å². The molecule has 1 unspecified atom stereocenters. The molecule has 2 rings (SSSR count). The molecular formula is C16H23N3O3. The summed E-state index contributed by atoms with van der Waals surface area (Å²) in [4.78, 5) is 25.6. The van der Waals surface area contributed by atoms with Crippen LogP contribution in [0.25, 0.3) is 0 Å². The molecule has 1 heterocycles. The van der Waals surface area contributed by atoms with Gasteiger partial charge in [-0.2, -0.15) is 0 Å². The highest BCUT2D eigenvalue weighted by Gasteiger charge is 2.31. The number of nitrogens with one attached hydrogen (secondary N) is 2. The maximum atomic E-state index is 12.1. The maximum Gasteiger partial charge on any atom is 0.315 e. The molecule has 1 atom stereocenters. The number of anilines is 1. The highest BCUT2D eigenvalue weighted by molar-refractivity contribution is 5.97. The fourth-order valence-electron chi connectivity index (χ4n) is 2.45. The lowest BCUT2D eigenvalue weighted by atomic mass is 10.2. The Labute approximate surface area is 130 Å². The Kier molecular flexibility index (Phi) is 5.63. The van der Waals surface area contributed by atoms with Crippen LogP contribution < -0.4 is 20.3 Å². The summed E-state index contributed by atoms with van der Waals surface area (Å²) >= 11 is 0. The monoisotopic (exact) mass is 305 g/mol. The first-order chi connectivity index (χ1) is 10.6. The van der Waals surface area contributed by atoms with Crippen LogP contribution in [0.1, 0.15) is 26.2 Å². The minimum Gasteiger partial charge on any atom is -0.497 e. The minimum absolute atomic E-state index is 0.00658. The average molecular weight is 305 g/mol. The minimum atomic E-state index is -0.209. The molecule has 1 aromatic rings. The van der Waals surface area contributed by atoms with Crippen LogP contribution in [-0.2, 0) is 4.79 Å². The molecule has 6 heteroatoms. The van der Waals surface area contributed by atoms with Gasteiger partial charge in [0.1, 0.15) is 5.75 Å². The largest absolute Gasteiger partial charge is 0.497 e. The fraction of sp³-hybridized carbons (Fsp3) is 0.500. The van der Waals surface area contributed by atoms with E-state index in [-0.39, 0.29) is 18.0 Å². The van der Waals surface area contributed by atoms with Crippen LogP contribution in [0, 0.1) is 0 Å². The van der Waals surface area contributed by atoms with Crippen LogP contribution in [0.2, 0.25) is 0 Å². The molecule has 3 amide bonds. The predicted molar refractivity (Wildman–Crippen MR) is 85.2 cm³/mol. The van der Waals surface area contributed by atoms with Crippen LogP contribution >= 0.6 is 0 Å². The van der Waals surface area contributed by atoms with Crippen molar-refractivity contribution in [1.82, 2.24) is 10.6 Å². The zero-order valence-corrected chi connectivity index (χ0v) is 13.1. The molecule has 120 valence electrons. The Morgan fingerprint density at radius 3 is 3.00 bits per heavy atom. The quantitative estimate of drug-likeness (QED) is 0.789. The Morgan fingerprint density at radius 2 is 2.27 bits per heavy atom. The van der Waals surface area contributed by atoms with Crippen molar-refractivity contribution in [3.63, 3.8) is 0 Å². The van der Waals surface area contributed by atoms with E-state index in [1.165, 1.54) is 0 Å². The first-order valence-corrected chi connectivity index (χ1v) is 7.62. The lowest BCUT2D eigenvalue weighted by Gasteiger charge is -2.18. The van der Waals surface area contributed by atoms with Gasteiger partial charge in [0, 0.05) is 31.3 Å². The molecule has 0 spiro atoms. The van der Waals surface area contributed by atoms with Crippen molar-refractivity contribution in [2.45, 2.75) is 32.2 Å². The normalized spacial score (nSPS) is 17.5. The Bertz CT molecular complexity index is 533. The number of methoxy groups -OCH3 is 1. The van der Waals surface area contributed by atoms with Gasteiger partial charge in [0.15, 0.2) is 0 Å². The second-order valence-electron chi connectivity index (χ2n) is 5.36. The van der Waals surface area contributed by atoms with Gasteiger partial charge in [-0.1, -0.05) is 19.4 Å². The zero-order valence-electron chi connectivity index (χ0n) is 13.1. The number of amides is 3. The molecular weight excluding hydrogens is 282 g/mol. The van der Waals surface area contributed by atoms with E-state index in [1.807, 2.05) is 24.3 Å². The van der Waals surface area contributed by atoms with Crippen molar-refractivity contribution < 1.29 is 14.3 Å². The molecule has 1 aromatic carbocycles. The molecule has 0 saturated carbocycles. The molecule has 1 aliphatic rings. The van der Waals surface area contributed by atoms with Gasteiger partial charge in [0.25, 0.3) is 0 Å². The number of nitrogens with zero attached hydrogens (tertiary/aromatic N) is 1. The molecule has 0 aromatic heterocycles. The van der Waals surface area contributed by atoms with Gasteiger partial charge in [-0.3, -0.25) is 4.79 Å². The van der Waals surface area contributed by atoms with E-state index in [4.69, 9.17) is 4.74 Å². The van der Waals surface area contributed by atoms with Crippen molar-refractivity contribution in [2.75, 3.05) is 25.1 Å². The van der Waals surface area contributed by atoms with Crippen LogP contribution in [0.15, 0.2) is 24.3 Å². The van der Waals surface area contributed by atoms with E-state index in [1.54, 1.807) is 12.0 Å². The van der Waals surface area contributed by atoms with Gasteiger partial charge < -0.3 is 20.3 Å². The molecule has 2 N–H and O–H groups in total. The summed E-state index contributed by atoms with van der Waals surface area (Å²) in [5.41, 5.74) is 0.792. The highest BCUT2D eigenvalue weighted by atomic mass is 16.5. The predicted octanol–water partition coefficient (Wildman–Crippen LogP) is 1.90. The summed E-state index contributed by atoms with van der Waals surface area (Å²) in [6.45, 7) is 3.21. The van der Waals surface area contributed by atoms with E-state index >= 15 is 0 Å². The third-order valence-corrected chi connectivity index (χ3v) is 3.64. The second kappa shape index (κ2) is 7.68. The van der Waals surface area contributed by atoms with Crippen LogP contribution in [0.4, 0.5) is 10.5 Å². The van der Waals surface area contributed by atoms with Gasteiger partial charge in [0.2, 0.25) is 5.91 Å². The van der Waals surface area contributed by atoms with Gasteiger partial charge >= 0.3 is 6.03 Å². The number of hydrogen-bond acceptors (Lipinski definition) is 3. The van der Waals surface area contributed by atoms with Crippen LogP contribution in [0.5, 0.6) is 5.75 Å². The third kappa shape index (κ3) is 4.13. The Morgan fingerprint density at radius 1 is 1.45 bits per heavy atom. The summed E-state index contributed by atoms with van der Waals surface area (Å²) in [5.74, 6) is 0.714. The van der Waals surface area contributed by atoms with E-state index in [0.29, 0.717) is 25.3 Å². The van der Waals surface area contributed by atoms with Crippen molar-refractivity contribution in [3.05, 3.63) is 24.3 Å². The van der Waals surface area contributed by atoms with Gasteiger partial charge in [-0.05, 0) is 18.6 Å². The molecule has 0 aliphatic carbocycles. The number of carbonyl (C=O) groups excluding carboxylic acids is 2. The summed E-state index contributed by atoms with van der Waals surface area (Å²) < 4.78 is 5.18. The van der Waals surface area contributed by atoms with Crippen molar-refractivity contribution in [2.24, 2.45) is 0 Å². The Balaban J connectivity index is 1.91. The third-order valence-electron chi connectivity index (χ3n) is 3.64. The summed E-state index contributed by atoms with van der Waals surface area (Å²) in [6, 6.07) is 6.99. The molecule has 22 heavy (non-hydrogen) atoms. The standard InChI is InChI=1S/C16H23N3O3/c1-3-4-8-17-16(21)18-12-9-15(20)19(11-12)13-6-5-7-14(10-13)22-2/h5-7,10,12H,3-4,8-9,11H2,1-2H3,(H2,17,18,21). The van der Waals surface area contributed by atoms with Crippen molar-refractivity contribution in [1.29, 1.82) is 0 Å². The molecule has 0 radical (unpaired) electrons. The zero-order chi connectivity index (χ0) is 15.9. The van der Waals surface area contributed by atoms with Crippen LogP contribution in [-0.4, -0.2) is 38.2 Å². The molecule has 1 aliphatic heterocycles. The van der Waals surface area contributed by atoms with Gasteiger partial charge in [-0.15, -0.1) is 0 Å². The lowest BCUT2D eigenvalue weighted by Crippen LogP contribution is -2.43. The second-order valence-corrected chi connectivity index (χ2v) is 5.36. The molecule has 1 fully saturated rings. The smallest absolute Gasteiger partial charge is 0.315 e. The topological polar surface area (TPSA) is 70.7 Å². The SMILES string of the molecule is CCCCNC(=O)NC1CC(=O)N(c2cccc(OC)c2)C1. The van der Waals surface area contributed by atoms with E-state index in [0.717, 1.165) is 18.5 Å². The summed E-state index contributed by atoms with van der Waals surface area (Å²) in [7, 11) is 1.59. The van der Waals surface area contributed by atoms with Crippen molar-refractivity contribution in [3.8, 4) is 5.75 Å². The first-order valence-electron chi connectivity index (χ1n) is 7.62.